The van der Waals surface area contributed by atoms with E-state index in [1.807, 2.05) is 6.07 Å². The second-order valence-electron chi connectivity index (χ2n) is 5.76. The molecule has 2 N–H and O–H groups in total. The largest absolute Gasteiger partial charge is 0.469 e. The van der Waals surface area contributed by atoms with E-state index in [0.717, 1.165) is 0 Å². The number of methoxy groups -OCH3 is 1. The summed E-state index contributed by atoms with van der Waals surface area (Å²) in [6.07, 6.45) is 3.45. The van der Waals surface area contributed by atoms with Crippen LogP contribution in [0.5, 0.6) is 0 Å². The molecule has 0 bridgehead atoms. The van der Waals surface area contributed by atoms with Gasteiger partial charge in [0.2, 0.25) is 0 Å². The van der Waals surface area contributed by atoms with Crippen LogP contribution in [-0.2, 0) is 16.1 Å². The first-order valence-electron chi connectivity index (χ1n) is 8.08. The molecule has 0 radical (unpaired) electrons. The number of halogens is 1. The van der Waals surface area contributed by atoms with Crippen LogP contribution in [0.1, 0.15) is 12.0 Å². The second-order valence-corrected chi connectivity index (χ2v) is 5.76. The van der Waals surface area contributed by atoms with Crippen LogP contribution in [0.4, 0.5) is 10.2 Å². The highest BCUT2D eigenvalue weighted by atomic mass is 19.1. The van der Waals surface area contributed by atoms with Gasteiger partial charge in [0.15, 0.2) is 0 Å². The molecule has 0 unspecified atom stereocenters. The zero-order chi connectivity index (χ0) is 19.4. The van der Waals surface area contributed by atoms with Gasteiger partial charge in [-0.05, 0) is 18.2 Å². The Balaban J connectivity index is 2.01. The SMILES string of the molecule is COC(=O)CCn1cc(-c2cc(-c3cccc(F)c3)nc(N)c2C#N)cn1. The van der Waals surface area contributed by atoms with Crippen molar-refractivity contribution in [3.8, 4) is 28.5 Å². The van der Waals surface area contributed by atoms with E-state index in [4.69, 9.17) is 5.73 Å². The van der Waals surface area contributed by atoms with E-state index in [1.165, 1.54) is 19.2 Å². The van der Waals surface area contributed by atoms with Crippen LogP contribution in [0.25, 0.3) is 22.4 Å². The van der Waals surface area contributed by atoms with Crippen molar-refractivity contribution in [2.24, 2.45) is 0 Å². The molecule has 27 heavy (non-hydrogen) atoms. The number of anilines is 1. The minimum atomic E-state index is -0.394. The topological polar surface area (TPSA) is 107 Å². The number of hydrogen-bond donors (Lipinski definition) is 1. The lowest BCUT2D eigenvalue weighted by Crippen LogP contribution is -2.07. The summed E-state index contributed by atoms with van der Waals surface area (Å²) in [5, 5.41) is 13.7. The number of benzene rings is 1. The number of rotatable bonds is 5. The van der Waals surface area contributed by atoms with Gasteiger partial charge >= 0.3 is 5.97 Å². The first-order valence-corrected chi connectivity index (χ1v) is 8.08. The van der Waals surface area contributed by atoms with E-state index in [9.17, 15) is 14.4 Å². The lowest BCUT2D eigenvalue weighted by Gasteiger charge is -2.09. The van der Waals surface area contributed by atoms with Gasteiger partial charge in [0.1, 0.15) is 23.3 Å². The summed E-state index contributed by atoms with van der Waals surface area (Å²) in [6, 6.07) is 9.68. The lowest BCUT2D eigenvalue weighted by atomic mass is 10.0. The molecule has 7 nitrogen and oxygen atoms in total. The fraction of sp³-hybridized carbons (Fsp3) is 0.158. The van der Waals surface area contributed by atoms with E-state index < -0.39 is 5.82 Å². The van der Waals surface area contributed by atoms with Crippen molar-refractivity contribution in [2.45, 2.75) is 13.0 Å². The highest BCUT2D eigenvalue weighted by Gasteiger charge is 2.15. The number of aryl methyl sites for hydroxylation is 1. The predicted octanol–water partition coefficient (Wildman–Crippen LogP) is 2.77. The van der Waals surface area contributed by atoms with Gasteiger partial charge in [-0.1, -0.05) is 12.1 Å². The molecule has 3 rings (SSSR count). The summed E-state index contributed by atoms with van der Waals surface area (Å²) in [5.41, 5.74) is 8.34. The zero-order valence-corrected chi connectivity index (χ0v) is 14.5. The lowest BCUT2D eigenvalue weighted by molar-refractivity contribution is -0.140. The Bertz CT molecular complexity index is 1040. The third kappa shape index (κ3) is 3.93. The van der Waals surface area contributed by atoms with Crippen LogP contribution in [0.3, 0.4) is 0 Å². The Labute approximate surface area is 154 Å². The first-order chi connectivity index (χ1) is 13.0. The predicted molar refractivity (Wildman–Crippen MR) is 96.6 cm³/mol. The monoisotopic (exact) mass is 365 g/mol. The van der Waals surface area contributed by atoms with Gasteiger partial charge in [-0.2, -0.15) is 10.4 Å². The number of ether oxygens (including phenoxy) is 1. The van der Waals surface area contributed by atoms with Crippen LogP contribution >= 0.6 is 0 Å². The maximum absolute atomic E-state index is 13.5. The van der Waals surface area contributed by atoms with Gasteiger partial charge in [-0.3, -0.25) is 9.48 Å². The third-order valence-electron chi connectivity index (χ3n) is 4.00. The number of pyridine rings is 1. The summed E-state index contributed by atoms with van der Waals surface area (Å²) in [4.78, 5) is 15.5. The highest BCUT2D eigenvalue weighted by molar-refractivity contribution is 5.79. The zero-order valence-electron chi connectivity index (χ0n) is 14.5. The first kappa shape index (κ1) is 18.1. The van der Waals surface area contributed by atoms with Crippen molar-refractivity contribution < 1.29 is 13.9 Å². The van der Waals surface area contributed by atoms with Crippen molar-refractivity contribution in [1.82, 2.24) is 14.8 Å². The molecule has 8 heteroatoms. The van der Waals surface area contributed by atoms with Crippen LogP contribution in [0.15, 0.2) is 42.7 Å². The number of nitriles is 1. The van der Waals surface area contributed by atoms with E-state index >= 15 is 0 Å². The van der Waals surface area contributed by atoms with Crippen molar-refractivity contribution in [3.05, 3.63) is 54.1 Å². The molecular weight excluding hydrogens is 349 g/mol. The number of nitrogens with two attached hydrogens (primary N) is 1. The smallest absolute Gasteiger partial charge is 0.307 e. The van der Waals surface area contributed by atoms with Crippen LogP contribution in [0, 0.1) is 17.1 Å². The fourth-order valence-corrected chi connectivity index (χ4v) is 2.64. The number of carbonyl (C=O) groups excluding carboxylic acids is 1. The summed E-state index contributed by atoms with van der Waals surface area (Å²) >= 11 is 0. The third-order valence-corrected chi connectivity index (χ3v) is 4.00. The maximum Gasteiger partial charge on any atom is 0.307 e. The van der Waals surface area contributed by atoms with Gasteiger partial charge in [-0.15, -0.1) is 0 Å². The Morgan fingerprint density at radius 2 is 2.19 bits per heavy atom. The summed E-state index contributed by atoms with van der Waals surface area (Å²) in [7, 11) is 1.32. The molecule has 0 aliphatic rings. The average Bonchev–Trinajstić information content (AvgIpc) is 3.14. The van der Waals surface area contributed by atoms with Gasteiger partial charge in [0.05, 0.1) is 32.0 Å². The van der Waals surface area contributed by atoms with Crippen molar-refractivity contribution >= 4 is 11.8 Å². The van der Waals surface area contributed by atoms with Crippen molar-refractivity contribution in [3.63, 3.8) is 0 Å². The molecular formula is C19H16FN5O2. The molecule has 0 amide bonds. The second kappa shape index (κ2) is 7.66. The number of nitrogen functional groups attached to an aromatic ring is 1. The van der Waals surface area contributed by atoms with Gasteiger partial charge in [0.25, 0.3) is 0 Å². The summed E-state index contributed by atoms with van der Waals surface area (Å²) in [6.45, 7) is 0.339. The molecule has 1 aromatic carbocycles. The minimum absolute atomic E-state index is 0.0524. The number of aromatic nitrogens is 3. The Hall–Kier alpha value is -3.73. The normalized spacial score (nSPS) is 10.4. The highest BCUT2D eigenvalue weighted by Crippen LogP contribution is 2.31. The van der Waals surface area contributed by atoms with Crippen LogP contribution in [0.2, 0.25) is 0 Å². The van der Waals surface area contributed by atoms with Gasteiger partial charge in [-0.25, -0.2) is 9.37 Å². The molecule has 0 saturated carbocycles. The maximum atomic E-state index is 13.5. The standard InChI is InChI=1S/C19H16FN5O2/c1-27-18(26)5-6-25-11-13(10-23-25)15-8-17(24-19(22)16(15)9-21)12-3-2-4-14(20)7-12/h2-4,7-8,10-11H,5-6H2,1H3,(H2,22,24). The van der Waals surface area contributed by atoms with Crippen molar-refractivity contribution in [2.75, 3.05) is 12.8 Å². The minimum Gasteiger partial charge on any atom is -0.469 e. The van der Waals surface area contributed by atoms with E-state index in [2.05, 4.69) is 14.8 Å². The summed E-state index contributed by atoms with van der Waals surface area (Å²) < 4.78 is 19.7. The number of hydrogen-bond acceptors (Lipinski definition) is 6. The molecule has 3 aromatic rings. The van der Waals surface area contributed by atoms with E-state index in [1.54, 1.807) is 35.3 Å². The molecule has 136 valence electrons. The Morgan fingerprint density at radius 3 is 2.89 bits per heavy atom. The van der Waals surface area contributed by atoms with Gasteiger partial charge < -0.3 is 10.5 Å². The van der Waals surface area contributed by atoms with Gasteiger partial charge in [0, 0.05) is 22.9 Å². The summed E-state index contributed by atoms with van der Waals surface area (Å²) in [5.74, 6) is -0.683. The van der Waals surface area contributed by atoms with Crippen LogP contribution < -0.4 is 5.73 Å². The Kier molecular flexibility index (Phi) is 5.13. The molecule has 0 aliphatic carbocycles. The molecule has 0 aliphatic heterocycles. The van der Waals surface area contributed by atoms with E-state index in [0.29, 0.717) is 28.9 Å². The molecule has 0 spiro atoms. The van der Waals surface area contributed by atoms with Crippen LogP contribution in [-0.4, -0.2) is 27.8 Å². The van der Waals surface area contributed by atoms with Crippen molar-refractivity contribution in [1.29, 1.82) is 5.26 Å². The number of nitrogens with zero attached hydrogens (tertiary/aromatic N) is 4. The molecule has 0 atom stereocenters. The average molecular weight is 365 g/mol. The number of carbonyl (C=O) groups is 1. The number of esters is 1. The molecule has 0 saturated heterocycles. The molecule has 2 aromatic heterocycles. The van der Waals surface area contributed by atoms with E-state index in [-0.39, 0.29) is 23.8 Å². The molecule has 2 heterocycles. The Morgan fingerprint density at radius 1 is 1.37 bits per heavy atom. The fourth-order valence-electron chi connectivity index (χ4n) is 2.64. The quantitative estimate of drug-likeness (QED) is 0.697. The molecule has 0 fully saturated rings.